The quantitative estimate of drug-likeness (QED) is 0.705. The maximum Gasteiger partial charge on any atom is 0.225 e. The van der Waals surface area contributed by atoms with Gasteiger partial charge >= 0.3 is 0 Å². The van der Waals surface area contributed by atoms with E-state index in [9.17, 15) is 0 Å². The first-order valence-electron chi connectivity index (χ1n) is 8.67. The number of hydrogen-bond acceptors (Lipinski definition) is 8. The van der Waals surface area contributed by atoms with E-state index in [-0.39, 0.29) is 0 Å². The Balaban J connectivity index is 1.43. The monoisotopic (exact) mass is 367 g/mol. The summed E-state index contributed by atoms with van der Waals surface area (Å²) in [6.45, 7) is 9.54. The van der Waals surface area contributed by atoms with Gasteiger partial charge in [0.25, 0.3) is 0 Å². The van der Waals surface area contributed by atoms with Gasteiger partial charge in [0, 0.05) is 38.6 Å². The van der Waals surface area contributed by atoms with Gasteiger partial charge in [0.1, 0.15) is 5.69 Å². The van der Waals surface area contributed by atoms with Crippen molar-refractivity contribution in [3.63, 3.8) is 0 Å². The highest BCUT2D eigenvalue weighted by molar-refractivity contribution is 7.15. The van der Waals surface area contributed by atoms with Crippen molar-refractivity contribution >= 4 is 23.1 Å². The van der Waals surface area contributed by atoms with Gasteiger partial charge in [-0.15, -0.1) is 21.5 Å². The molecule has 134 valence electrons. The molecule has 0 radical (unpaired) electrons. The number of anilines is 2. The fourth-order valence-electron chi connectivity index (χ4n) is 3.07. The fourth-order valence-corrected chi connectivity index (χ4v) is 3.95. The van der Waals surface area contributed by atoms with E-state index in [1.807, 2.05) is 39.2 Å². The number of hydrogen-bond donors (Lipinski definition) is 0. The fraction of sp³-hybridized carbons (Fsp3) is 0.389. The Kier molecular flexibility index (Phi) is 4.50. The Bertz CT molecular complexity index is 881. The van der Waals surface area contributed by atoms with Crippen LogP contribution >= 0.6 is 11.3 Å². The van der Waals surface area contributed by atoms with Gasteiger partial charge in [-0.05, 0) is 38.5 Å². The second-order valence-electron chi connectivity index (χ2n) is 6.46. The molecule has 0 aromatic carbocycles. The lowest BCUT2D eigenvalue weighted by Crippen LogP contribution is -2.47. The highest BCUT2D eigenvalue weighted by Gasteiger charge is 2.20. The van der Waals surface area contributed by atoms with Gasteiger partial charge in [-0.1, -0.05) is 0 Å². The average molecular weight is 367 g/mol. The molecular formula is C18H21N7S. The number of piperazine rings is 1. The summed E-state index contributed by atoms with van der Waals surface area (Å²) in [5, 5.41) is 9.92. The van der Waals surface area contributed by atoms with E-state index < -0.39 is 0 Å². The zero-order valence-electron chi connectivity index (χ0n) is 15.2. The lowest BCUT2D eigenvalue weighted by atomic mass is 10.2. The average Bonchev–Trinajstić information content (AvgIpc) is 3.01. The summed E-state index contributed by atoms with van der Waals surface area (Å²) in [7, 11) is 0. The van der Waals surface area contributed by atoms with Crippen molar-refractivity contribution in [2.24, 2.45) is 0 Å². The third kappa shape index (κ3) is 3.37. The molecule has 8 heteroatoms. The molecule has 3 aromatic heterocycles. The lowest BCUT2D eigenvalue weighted by molar-refractivity contribution is 0.631. The summed E-state index contributed by atoms with van der Waals surface area (Å²) in [6, 6.07) is 4.09. The third-order valence-electron chi connectivity index (χ3n) is 4.44. The van der Waals surface area contributed by atoms with Crippen molar-refractivity contribution < 1.29 is 0 Å². The smallest absolute Gasteiger partial charge is 0.225 e. The molecule has 0 aliphatic carbocycles. The van der Waals surface area contributed by atoms with Crippen LogP contribution in [-0.2, 0) is 0 Å². The van der Waals surface area contributed by atoms with Gasteiger partial charge in [0.2, 0.25) is 5.95 Å². The van der Waals surface area contributed by atoms with Crippen LogP contribution in [-0.4, -0.2) is 51.3 Å². The third-order valence-corrected chi connectivity index (χ3v) is 5.54. The molecule has 0 saturated carbocycles. The van der Waals surface area contributed by atoms with E-state index in [1.54, 1.807) is 11.3 Å². The van der Waals surface area contributed by atoms with Gasteiger partial charge in [-0.25, -0.2) is 15.0 Å². The Labute approximate surface area is 156 Å². The van der Waals surface area contributed by atoms with E-state index in [4.69, 9.17) is 0 Å². The van der Waals surface area contributed by atoms with Crippen LogP contribution in [0.3, 0.4) is 0 Å². The van der Waals surface area contributed by atoms with Crippen LogP contribution in [0.4, 0.5) is 11.8 Å². The molecule has 1 fully saturated rings. The minimum atomic E-state index is 0.799. The van der Waals surface area contributed by atoms with Gasteiger partial charge in [-0.2, -0.15) is 0 Å². The first-order valence-corrected chi connectivity index (χ1v) is 9.48. The molecule has 26 heavy (non-hydrogen) atoms. The molecule has 0 amide bonds. The number of aryl methyl sites for hydroxylation is 3. The van der Waals surface area contributed by atoms with Crippen molar-refractivity contribution in [1.82, 2.24) is 25.1 Å². The van der Waals surface area contributed by atoms with Crippen molar-refractivity contribution in [2.45, 2.75) is 20.8 Å². The maximum absolute atomic E-state index is 4.47. The van der Waals surface area contributed by atoms with E-state index in [2.05, 4.69) is 41.0 Å². The topological polar surface area (TPSA) is 70.9 Å². The van der Waals surface area contributed by atoms with Crippen LogP contribution in [0, 0.1) is 20.8 Å². The highest BCUT2D eigenvalue weighted by atomic mass is 32.1. The summed E-state index contributed by atoms with van der Waals surface area (Å²) < 4.78 is 0. The standard InChI is InChI=1S/C18H21N7S/c1-12-10-19-18(20-11-12)25-8-6-24(7-9-25)16-5-4-15(22-23-16)17-13(2)21-14(3)26-17/h4-5,10-11H,6-9H2,1-3H3. The Morgan fingerprint density at radius 3 is 2.15 bits per heavy atom. The molecule has 0 atom stereocenters. The molecule has 4 heterocycles. The number of rotatable bonds is 3. The minimum absolute atomic E-state index is 0.799. The van der Waals surface area contributed by atoms with Crippen LogP contribution in [0.2, 0.25) is 0 Å². The number of aromatic nitrogens is 5. The van der Waals surface area contributed by atoms with Gasteiger partial charge in [-0.3, -0.25) is 0 Å². The van der Waals surface area contributed by atoms with Crippen LogP contribution in [0.25, 0.3) is 10.6 Å². The summed E-state index contributed by atoms with van der Waals surface area (Å²) >= 11 is 1.66. The van der Waals surface area contributed by atoms with Gasteiger partial charge in [0.15, 0.2) is 5.82 Å². The molecule has 1 saturated heterocycles. The molecule has 0 bridgehead atoms. The Hall–Kier alpha value is -2.61. The Morgan fingerprint density at radius 2 is 1.58 bits per heavy atom. The molecule has 1 aliphatic rings. The molecule has 4 rings (SSSR count). The van der Waals surface area contributed by atoms with Crippen molar-refractivity contribution in [3.05, 3.63) is 40.8 Å². The van der Waals surface area contributed by atoms with Crippen molar-refractivity contribution in [3.8, 4) is 10.6 Å². The predicted molar refractivity (Wildman–Crippen MR) is 104 cm³/mol. The normalized spacial score (nSPS) is 14.7. The SMILES string of the molecule is Cc1cnc(N2CCN(c3ccc(-c4sc(C)nc4C)nn3)CC2)nc1. The highest BCUT2D eigenvalue weighted by Crippen LogP contribution is 2.28. The summed E-state index contributed by atoms with van der Waals surface area (Å²) in [5.41, 5.74) is 2.99. The van der Waals surface area contributed by atoms with Crippen LogP contribution in [0.5, 0.6) is 0 Å². The van der Waals surface area contributed by atoms with Crippen molar-refractivity contribution in [1.29, 1.82) is 0 Å². The minimum Gasteiger partial charge on any atom is -0.352 e. The van der Waals surface area contributed by atoms with Crippen LogP contribution < -0.4 is 9.80 Å². The zero-order valence-corrected chi connectivity index (χ0v) is 16.0. The molecule has 1 aliphatic heterocycles. The second-order valence-corrected chi connectivity index (χ2v) is 7.66. The predicted octanol–water partition coefficient (Wildman–Crippen LogP) is 2.64. The Morgan fingerprint density at radius 1 is 0.885 bits per heavy atom. The summed E-state index contributed by atoms with van der Waals surface area (Å²) in [6.07, 6.45) is 3.73. The molecular weight excluding hydrogens is 346 g/mol. The molecule has 7 nitrogen and oxygen atoms in total. The number of nitrogens with zero attached hydrogens (tertiary/aromatic N) is 7. The van der Waals surface area contributed by atoms with Crippen LogP contribution in [0.15, 0.2) is 24.5 Å². The summed E-state index contributed by atoms with van der Waals surface area (Å²) in [5.74, 6) is 1.71. The maximum atomic E-state index is 4.47. The molecule has 3 aromatic rings. The van der Waals surface area contributed by atoms with Gasteiger partial charge in [0.05, 0.1) is 15.6 Å². The van der Waals surface area contributed by atoms with E-state index in [1.165, 1.54) is 0 Å². The molecule has 0 unspecified atom stereocenters. The van der Waals surface area contributed by atoms with E-state index >= 15 is 0 Å². The molecule has 0 spiro atoms. The van der Waals surface area contributed by atoms with Gasteiger partial charge < -0.3 is 9.80 Å². The summed E-state index contributed by atoms with van der Waals surface area (Å²) in [4.78, 5) is 18.9. The van der Waals surface area contributed by atoms with Crippen molar-refractivity contribution in [2.75, 3.05) is 36.0 Å². The number of thiazole rings is 1. The first-order chi connectivity index (χ1) is 12.6. The van der Waals surface area contributed by atoms with E-state index in [0.29, 0.717) is 0 Å². The molecule has 0 N–H and O–H groups in total. The largest absolute Gasteiger partial charge is 0.352 e. The second kappa shape index (κ2) is 6.95. The zero-order chi connectivity index (χ0) is 18.1. The van der Waals surface area contributed by atoms with E-state index in [0.717, 1.165) is 64.8 Å². The van der Waals surface area contributed by atoms with Crippen LogP contribution in [0.1, 0.15) is 16.3 Å². The lowest BCUT2D eigenvalue weighted by Gasteiger charge is -2.35. The first kappa shape index (κ1) is 16.8.